The molecule has 0 spiro atoms. The molecule has 0 saturated carbocycles. The molecule has 0 amide bonds. The maximum absolute atomic E-state index is 5.89. The lowest BCUT2D eigenvalue weighted by Crippen LogP contribution is -2.19. The Morgan fingerprint density at radius 3 is 2.65 bits per heavy atom. The Labute approximate surface area is 158 Å². The molecule has 1 N–H and O–H groups in total. The Kier molecular flexibility index (Phi) is 6.35. The highest BCUT2D eigenvalue weighted by Crippen LogP contribution is 2.27. The molecule has 138 valence electrons. The fourth-order valence-electron chi connectivity index (χ4n) is 2.65. The van der Waals surface area contributed by atoms with Crippen LogP contribution in [0.15, 0.2) is 57.4 Å². The predicted octanol–water partition coefficient (Wildman–Crippen LogP) is 4.20. The number of nitrogens with one attached hydrogen (secondary N) is 1. The van der Waals surface area contributed by atoms with Gasteiger partial charge >= 0.3 is 0 Å². The molecule has 1 aromatic carbocycles. The van der Waals surface area contributed by atoms with Gasteiger partial charge in [-0.25, -0.2) is 0 Å². The lowest BCUT2D eigenvalue weighted by Gasteiger charge is -2.17. The fourth-order valence-corrected chi connectivity index (χ4v) is 3.39. The molecule has 7 heteroatoms. The van der Waals surface area contributed by atoms with Crippen molar-refractivity contribution in [3.8, 4) is 5.75 Å². The average Bonchev–Trinajstić information content (AvgIpc) is 3.27. The second-order valence-corrected chi connectivity index (χ2v) is 6.86. The molecule has 0 aliphatic carbocycles. The van der Waals surface area contributed by atoms with Crippen molar-refractivity contribution in [3.63, 3.8) is 0 Å². The Morgan fingerprint density at radius 2 is 2.00 bits per heavy atom. The van der Waals surface area contributed by atoms with Gasteiger partial charge in [-0.2, -0.15) is 0 Å². The Balaban J connectivity index is 1.57. The second kappa shape index (κ2) is 8.91. The lowest BCUT2D eigenvalue weighted by atomic mass is 10.0. The van der Waals surface area contributed by atoms with Crippen LogP contribution in [0.25, 0.3) is 0 Å². The van der Waals surface area contributed by atoms with Gasteiger partial charge in [0.25, 0.3) is 0 Å². The number of hydrogen-bond donors (Lipinski definition) is 1. The van der Waals surface area contributed by atoms with E-state index in [0.717, 1.165) is 28.2 Å². The lowest BCUT2D eigenvalue weighted by molar-refractivity contribution is 0.340. The van der Waals surface area contributed by atoms with E-state index in [1.165, 1.54) is 17.3 Å². The van der Waals surface area contributed by atoms with Crippen LogP contribution < -0.4 is 10.1 Å². The summed E-state index contributed by atoms with van der Waals surface area (Å²) in [4.78, 5) is 0. The van der Waals surface area contributed by atoms with Crippen molar-refractivity contribution in [3.05, 3.63) is 54.0 Å². The monoisotopic (exact) mass is 372 g/mol. The van der Waals surface area contributed by atoms with Gasteiger partial charge in [0.2, 0.25) is 0 Å². The van der Waals surface area contributed by atoms with E-state index in [0.29, 0.717) is 13.2 Å². The Morgan fingerprint density at radius 1 is 1.19 bits per heavy atom. The van der Waals surface area contributed by atoms with Crippen LogP contribution in [0.3, 0.4) is 0 Å². The van der Waals surface area contributed by atoms with Crippen LogP contribution >= 0.6 is 11.8 Å². The van der Waals surface area contributed by atoms with E-state index >= 15 is 0 Å². The van der Waals surface area contributed by atoms with E-state index in [9.17, 15) is 0 Å². The van der Waals surface area contributed by atoms with E-state index in [4.69, 9.17) is 9.15 Å². The van der Waals surface area contributed by atoms with Crippen molar-refractivity contribution >= 4 is 11.8 Å². The van der Waals surface area contributed by atoms with Crippen molar-refractivity contribution in [1.82, 2.24) is 20.1 Å². The van der Waals surface area contributed by atoms with Gasteiger partial charge in [-0.05, 0) is 54.9 Å². The predicted molar refractivity (Wildman–Crippen MR) is 101 cm³/mol. The smallest absolute Gasteiger partial charge is 0.198 e. The van der Waals surface area contributed by atoms with Gasteiger partial charge in [0, 0.05) is 13.1 Å². The molecule has 2 aromatic heterocycles. The van der Waals surface area contributed by atoms with E-state index in [1.54, 1.807) is 6.33 Å². The van der Waals surface area contributed by atoms with Crippen LogP contribution in [0.1, 0.15) is 37.6 Å². The Hall–Kier alpha value is -2.25. The van der Waals surface area contributed by atoms with Crippen molar-refractivity contribution in [2.45, 2.75) is 43.1 Å². The number of furan rings is 1. The summed E-state index contributed by atoms with van der Waals surface area (Å²) in [6, 6.07) is 12.5. The summed E-state index contributed by atoms with van der Waals surface area (Å²) in [7, 11) is 1.91. The molecule has 2 heterocycles. The van der Waals surface area contributed by atoms with Crippen molar-refractivity contribution < 1.29 is 9.15 Å². The minimum absolute atomic E-state index is 0.269. The second-order valence-electron chi connectivity index (χ2n) is 5.89. The van der Waals surface area contributed by atoms with E-state index in [2.05, 4.69) is 34.6 Å². The molecule has 0 radical (unpaired) electrons. The zero-order valence-corrected chi connectivity index (χ0v) is 16.1. The maximum Gasteiger partial charge on any atom is 0.198 e. The topological polar surface area (TPSA) is 65.1 Å². The summed E-state index contributed by atoms with van der Waals surface area (Å²) < 4.78 is 13.3. The number of aromatic nitrogens is 3. The zero-order chi connectivity index (χ0) is 18.4. The molecular formula is C19H24N4O2S. The van der Waals surface area contributed by atoms with Crippen molar-refractivity contribution in [2.24, 2.45) is 7.05 Å². The molecule has 3 rings (SSSR count). The first-order chi connectivity index (χ1) is 12.7. The standard InChI is InChI=1S/C19H24N4O2S/c1-4-17(14-6-8-15(9-7-14)24-5-2)20-12-16-10-11-18(25-16)26-19-22-21-13-23(19)3/h6-11,13,17,20H,4-5,12H2,1-3H3. The van der Waals surface area contributed by atoms with Gasteiger partial charge in [-0.3, -0.25) is 0 Å². The normalized spacial score (nSPS) is 12.3. The highest BCUT2D eigenvalue weighted by molar-refractivity contribution is 7.99. The van der Waals surface area contributed by atoms with E-state index < -0.39 is 0 Å². The van der Waals surface area contributed by atoms with Gasteiger partial charge in [0.1, 0.15) is 17.8 Å². The molecule has 3 aromatic rings. The Bertz CT molecular complexity index is 813. The van der Waals surface area contributed by atoms with Gasteiger partial charge in [0.05, 0.1) is 13.2 Å². The van der Waals surface area contributed by atoms with Crippen molar-refractivity contribution in [1.29, 1.82) is 0 Å². The van der Waals surface area contributed by atoms with Crippen LogP contribution in [0, 0.1) is 0 Å². The van der Waals surface area contributed by atoms with E-state index in [-0.39, 0.29) is 6.04 Å². The number of rotatable bonds is 9. The molecule has 26 heavy (non-hydrogen) atoms. The largest absolute Gasteiger partial charge is 0.494 e. The van der Waals surface area contributed by atoms with Gasteiger partial charge < -0.3 is 19.0 Å². The van der Waals surface area contributed by atoms with E-state index in [1.807, 2.05) is 42.8 Å². The summed E-state index contributed by atoms with van der Waals surface area (Å²) >= 11 is 1.47. The fraction of sp³-hybridized carbons (Fsp3) is 0.368. The third-order valence-corrected chi connectivity index (χ3v) is 5.00. The van der Waals surface area contributed by atoms with Crippen LogP contribution in [-0.2, 0) is 13.6 Å². The van der Waals surface area contributed by atoms with Crippen LogP contribution in [0.5, 0.6) is 5.75 Å². The van der Waals surface area contributed by atoms with Gasteiger partial charge in [-0.15, -0.1) is 10.2 Å². The summed E-state index contributed by atoms with van der Waals surface area (Å²) in [6.45, 7) is 5.52. The molecule has 0 bridgehead atoms. The molecular weight excluding hydrogens is 348 g/mol. The van der Waals surface area contributed by atoms with Crippen LogP contribution in [0.2, 0.25) is 0 Å². The minimum Gasteiger partial charge on any atom is -0.494 e. The molecule has 1 unspecified atom stereocenters. The number of ether oxygens (including phenoxy) is 1. The summed E-state index contributed by atoms with van der Waals surface area (Å²) in [5.41, 5.74) is 1.25. The summed E-state index contributed by atoms with van der Waals surface area (Å²) in [5.74, 6) is 1.81. The molecule has 0 aliphatic rings. The first-order valence-electron chi connectivity index (χ1n) is 8.76. The highest BCUT2D eigenvalue weighted by Gasteiger charge is 2.12. The number of hydrogen-bond acceptors (Lipinski definition) is 6. The minimum atomic E-state index is 0.269. The van der Waals surface area contributed by atoms with Gasteiger partial charge in [0.15, 0.2) is 10.2 Å². The molecule has 1 atom stereocenters. The molecule has 6 nitrogen and oxygen atoms in total. The summed E-state index contributed by atoms with van der Waals surface area (Å²) in [6.07, 6.45) is 2.67. The summed E-state index contributed by atoms with van der Waals surface area (Å²) in [5, 5.41) is 13.1. The number of benzene rings is 1. The van der Waals surface area contributed by atoms with Crippen molar-refractivity contribution in [2.75, 3.05) is 6.61 Å². The van der Waals surface area contributed by atoms with Gasteiger partial charge in [-0.1, -0.05) is 19.1 Å². The average molecular weight is 372 g/mol. The first kappa shape index (κ1) is 18.5. The number of nitrogens with zero attached hydrogens (tertiary/aromatic N) is 3. The highest BCUT2D eigenvalue weighted by atomic mass is 32.2. The number of aryl methyl sites for hydroxylation is 1. The maximum atomic E-state index is 5.89. The van der Waals surface area contributed by atoms with Crippen LogP contribution in [0.4, 0.5) is 0 Å². The molecule has 0 aliphatic heterocycles. The van der Waals surface area contributed by atoms with Crippen LogP contribution in [-0.4, -0.2) is 21.4 Å². The third kappa shape index (κ3) is 4.68. The molecule has 0 saturated heterocycles. The zero-order valence-electron chi connectivity index (χ0n) is 15.3. The molecule has 0 fully saturated rings. The first-order valence-corrected chi connectivity index (χ1v) is 9.58. The SMILES string of the molecule is CCOc1ccc(C(CC)NCc2ccc(Sc3nncn3C)o2)cc1. The quantitative estimate of drug-likeness (QED) is 0.607. The third-order valence-electron chi connectivity index (χ3n) is 4.02.